The zero-order chi connectivity index (χ0) is 12.0. The standard InChI is InChI=1S/C13H14ClNO/c1-3-7-15(8-4-2)13-6-5-11(10-16)9-12(13)14/h3-6,9-10H,1-2,7-8H2. The molecule has 0 fully saturated rings. The molecule has 1 rings (SSSR count). The van der Waals surface area contributed by atoms with Crippen molar-refractivity contribution in [1.29, 1.82) is 0 Å². The molecular formula is C13H14ClNO. The number of nitrogens with zero attached hydrogens (tertiary/aromatic N) is 1. The summed E-state index contributed by atoms with van der Waals surface area (Å²) < 4.78 is 0. The average molecular weight is 236 g/mol. The molecule has 0 bridgehead atoms. The van der Waals surface area contributed by atoms with E-state index in [1.54, 1.807) is 24.3 Å². The van der Waals surface area contributed by atoms with E-state index < -0.39 is 0 Å². The molecule has 0 saturated carbocycles. The molecule has 0 aliphatic carbocycles. The Morgan fingerprint density at radius 1 is 1.25 bits per heavy atom. The Labute approximate surface area is 101 Å². The van der Waals surface area contributed by atoms with Gasteiger partial charge in [-0.05, 0) is 18.2 Å². The number of carbonyl (C=O) groups is 1. The number of aldehydes is 1. The van der Waals surface area contributed by atoms with E-state index in [0.717, 1.165) is 12.0 Å². The van der Waals surface area contributed by atoms with Gasteiger partial charge in [0.25, 0.3) is 0 Å². The lowest BCUT2D eigenvalue weighted by molar-refractivity contribution is 0.112. The van der Waals surface area contributed by atoms with Crippen LogP contribution in [0.15, 0.2) is 43.5 Å². The molecule has 1 aromatic rings. The van der Waals surface area contributed by atoms with Crippen LogP contribution in [0, 0.1) is 0 Å². The van der Waals surface area contributed by atoms with E-state index in [-0.39, 0.29) is 0 Å². The van der Waals surface area contributed by atoms with Crippen LogP contribution >= 0.6 is 11.6 Å². The van der Waals surface area contributed by atoms with Gasteiger partial charge in [-0.2, -0.15) is 0 Å². The van der Waals surface area contributed by atoms with E-state index in [1.807, 2.05) is 11.0 Å². The Kier molecular flexibility index (Phi) is 4.80. The molecule has 0 aliphatic rings. The van der Waals surface area contributed by atoms with E-state index in [1.165, 1.54) is 0 Å². The second-order valence-electron chi connectivity index (χ2n) is 3.31. The van der Waals surface area contributed by atoms with Gasteiger partial charge in [0.2, 0.25) is 0 Å². The maximum atomic E-state index is 10.6. The highest BCUT2D eigenvalue weighted by Crippen LogP contribution is 2.26. The number of benzene rings is 1. The quantitative estimate of drug-likeness (QED) is 0.557. The molecule has 3 heteroatoms. The van der Waals surface area contributed by atoms with E-state index in [4.69, 9.17) is 11.6 Å². The van der Waals surface area contributed by atoms with Gasteiger partial charge in [0.05, 0.1) is 10.7 Å². The minimum Gasteiger partial charge on any atom is -0.363 e. The van der Waals surface area contributed by atoms with Crippen LogP contribution in [-0.2, 0) is 0 Å². The Hall–Kier alpha value is -1.54. The van der Waals surface area contributed by atoms with E-state index in [2.05, 4.69) is 13.2 Å². The third-order valence-electron chi connectivity index (χ3n) is 2.15. The molecule has 0 saturated heterocycles. The zero-order valence-electron chi connectivity index (χ0n) is 9.03. The number of anilines is 1. The molecule has 0 spiro atoms. The maximum absolute atomic E-state index is 10.6. The smallest absolute Gasteiger partial charge is 0.150 e. The summed E-state index contributed by atoms with van der Waals surface area (Å²) in [6, 6.07) is 5.23. The molecule has 0 radical (unpaired) electrons. The minimum atomic E-state index is 0.563. The largest absolute Gasteiger partial charge is 0.363 e. The van der Waals surface area contributed by atoms with Gasteiger partial charge in [0.1, 0.15) is 6.29 Å². The molecule has 0 unspecified atom stereocenters. The summed E-state index contributed by atoms with van der Waals surface area (Å²) in [4.78, 5) is 12.6. The van der Waals surface area contributed by atoms with Crippen molar-refractivity contribution in [1.82, 2.24) is 0 Å². The summed E-state index contributed by atoms with van der Waals surface area (Å²) in [5.74, 6) is 0. The Bertz CT molecular complexity index is 391. The summed E-state index contributed by atoms with van der Waals surface area (Å²) >= 11 is 6.11. The Morgan fingerprint density at radius 2 is 1.88 bits per heavy atom. The van der Waals surface area contributed by atoms with Crippen molar-refractivity contribution in [3.8, 4) is 0 Å². The highest BCUT2D eigenvalue weighted by molar-refractivity contribution is 6.33. The van der Waals surface area contributed by atoms with Crippen molar-refractivity contribution in [3.63, 3.8) is 0 Å². The van der Waals surface area contributed by atoms with Crippen LogP contribution in [0.2, 0.25) is 5.02 Å². The molecule has 0 aliphatic heterocycles. The lowest BCUT2D eigenvalue weighted by Crippen LogP contribution is -2.23. The SMILES string of the molecule is C=CCN(CC=C)c1ccc(C=O)cc1Cl. The summed E-state index contributed by atoms with van der Waals surface area (Å²) in [6.07, 6.45) is 4.38. The first-order valence-corrected chi connectivity index (χ1v) is 5.32. The van der Waals surface area contributed by atoms with Crippen LogP contribution < -0.4 is 4.90 Å². The molecule has 0 heterocycles. The average Bonchev–Trinajstić information content (AvgIpc) is 2.29. The van der Waals surface area contributed by atoms with Gasteiger partial charge in [-0.1, -0.05) is 23.8 Å². The van der Waals surface area contributed by atoms with E-state index in [9.17, 15) is 4.79 Å². The third kappa shape index (κ3) is 2.97. The molecular weight excluding hydrogens is 222 g/mol. The molecule has 2 nitrogen and oxygen atoms in total. The Balaban J connectivity index is 3.03. The monoisotopic (exact) mass is 235 g/mol. The first-order chi connectivity index (χ1) is 7.72. The first-order valence-electron chi connectivity index (χ1n) is 4.94. The topological polar surface area (TPSA) is 20.3 Å². The van der Waals surface area contributed by atoms with Crippen molar-refractivity contribution < 1.29 is 4.79 Å². The fourth-order valence-electron chi connectivity index (χ4n) is 1.44. The van der Waals surface area contributed by atoms with Crippen LogP contribution in [0.3, 0.4) is 0 Å². The van der Waals surface area contributed by atoms with Gasteiger partial charge in [-0.25, -0.2) is 0 Å². The van der Waals surface area contributed by atoms with Gasteiger partial charge in [-0.3, -0.25) is 4.79 Å². The number of hydrogen-bond acceptors (Lipinski definition) is 2. The second-order valence-corrected chi connectivity index (χ2v) is 3.72. The van der Waals surface area contributed by atoms with Gasteiger partial charge >= 0.3 is 0 Å². The highest BCUT2D eigenvalue weighted by Gasteiger charge is 2.08. The van der Waals surface area contributed by atoms with Crippen LogP contribution in [-0.4, -0.2) is 19.4 Å². The van der Waals surface area contributed by atoms with Crippen molar-refractivity contribution in [2.45, 2.75) is 0 Å². The second kappa shape index (κ2) is 6.13. The summed E-state index contributed by atoms with van der Waals surface area (Å²) in [6.45, 7) is 8.77. The maximum Gasteiger partial charge on any atom is 0.150 e. The molecule has 0 aromatic heterocycles. The summed E-state index contributed by atoms with van der Waals surface area (Å²) in [7, 11) is 0. The van der Waals surface area contributed by atoms with Crippen LogP contribution in [0.5, 0.6) is 0 Å². The fraction of sp³-hybridized carbons (Fsp3) is 0.154. The number of halogens is 1. The molecule has 16 heavy (non-hydrogen) atoms. The van der Waals surface area contributed by atoms with Crippen LogP contribution in [0.1, 0.15) is 10.4 Å². The zero-order valence-corrected chi connectivity index (χ0v) is 9.78. The van der Waals surface area contributed by atoms with Crippen molar-refractivity contribution in [2.75, 3.05) is 18.0 Å². The number of carbonyl (C=O) groups excluding carboxylic acids is 1. The molecule has 0 N–H and O–H groups in total. The molecule has 1 aromatic carbocycles. The predicted octanol–water partition coefficient (Wildman–Crippen LogP) is 3.33. The fourth-order valence-corrected chi connectivity index (χ4v) is 1.74. The minimum absolute atomic E-state index is 0.563. The summed E-state index contributed by atoms with van der Waals surface area (Å²) in [5, 5.41) is 0.563. The number of rotatable bonds is 6. The number of hydrogen-bond donors (Lipinski definition) is 0. The van der Waals surface area contributed by atoms with Crippen molar-refractivity contribution in [2.24, 2.45) is 0 Å². The van der Waals surface area contributed by atoms with Gasteiger partial charge in [0.15, 0.2) is 0 Å². The van der Waals surface area contributed by atoms with Crippen molar-refractivity contribution in [3.05, 3.63) is 54.1 Å². The lowest BCUT2D eigenvalue weighted by Gasteiger charge is -2.22. The van der Waals surface area contributed by atoms with Crippen molar-refractivity contribution >= 4 is 23.6 Å². The highest BCUT2D eigenvalue weighted by atomic mass is 35.5. The van der Waals surface area contributed by atoms with Gasteiger partial charge < -0.3 is 4.90 Å². The first kappa shape index (κ1) is 12.5. The third-order valence-corrected chi connectivity index (χ3v) is 2.45. The van der Waals surface area contributed by atoms with Gasteiger partial charge in [0, 0.05) is 18.7 Å². The molecule has 84 valence electrons. The van der Waals surface area contributed by atoms with E-state index >= 15 is 0 Å². The van der Waals surface area contributed by atoms with Crippen LogP contribution in [0.4, 0.5) is 5.69 Å². The molecule has 0 atom stereocenters. The summed E-state index contributed by atoms with van der Waals surface area (Å²) in [5.41, 5.74) is 1.46. The predicted molar refractivity (Wildman–Crippen MR) is 69.4 cm³/mol. The lowest BCUT2D eigenvalue weighted by atomic mass is 10.2. The molecule has 0 amide bonds. The Morgan fingerprint density at radius 3 is 2.31 bits per heavy atom. The van der Waals surface area contributed by atoms with Crippen LogP contribution in [0.25, 0.3) is 0 Å². The van der Waals surface area contributed by atoms with E-state index in [0.29, 0.717) is 23.7 Å². The van der Waals surface area contributed by atoms with Gasteiger partial charge in [-0.15, -0.1) is 13.2 Å². The normalized spacial score (nSPS) is 9.56.